The molecule has 6 aromatic heterocycles. The van der Waals surface area contributed by atoms with Crippen LogP contribution in [0.1, 0.15) is 17.3 Å². The van der Waals surface area contributed by atoms with Gasteiger partial charge in [-0.05, 0) is 31.2 Å². The SMILES string of the molecule is C[C@@H](NC(=O)c1c[nH]c2ncc(-c3nn(C)c4cccnc34)nc12)C(=O)N1CC(C#N)C1.c1cnc2cn[nH]c2c1. The molecule has 41 heavy (non-hydrogen) atoms. The molecule has 7 rings (SSSR count). The van der Waals surface area contributed by atoms with E-state index in [4.69, 9.17) is 5.26 Å². The molecule has 0 unspecified atom stereocenters. The molecule has 1 saturated heterocycles. The van der Waals surface area contributed by atoms with Crippen molar-refractivity contribution in [1.82, 2.24) is 55.1 Å². The first kappa shape index (κ1) is 25.6. The molecule has 6 aromatic rings. The first-order valence-electron chi connectivity index (χ1n) is 12.8. The van der Waals surface area contributed by atoms with Gasteiger partial charge in [0.1, 0.15) is 34.0 Å². The van der Waals surface area contributed by atoms with Crippen LogP contribution in [0.2, 0.25) is 0 Å². The number of hydrogen-bond acceptors (Lipinski definition) is 9. The average Bonchev–Trinajstić information content (AvgIpc) is 3.70. The van der Waals surface area contributed by atoms with E-state index in [9.17, 15) is 9.59 Å². The molecule has 0 aliphatic carbocycles. The maximum atomic E-state index is 12.9. The number of carbonyl (C=O) groups excluding carboxylic acids is 2. The molecule has 1 aliphatic heterocycles. The van der Waals surface area contributed by atoms with Crippen LogP contribution < -0.4 is 5.32 Å². The summed E-state index contributed by atoms with van der Waals surface area (Å²) in [4.78, 5) is 47.3. The number of nitrogens with zero attached hydrogens (tertiary/aromatic N) is 9. The van der Waals surface area contributed by atoms with Crippen molar-refractivity contribution in [1.29, 1.82) is 5.26 Å². The van der Waals surface area contributed by atoms with Gasteiger partial charge in [0.05, 0.1) is 41.0 Å². The monoisotopic (exact) mass is 548 g/mol. The lowest BCUT2D eigenvalue weighted by atomic mass is 10.0. The average molecular weight is 549 g/mol. The van der Waals surface area contributed by atoms with Gasteiger partial charge in [0.2, 0.25) is 5.91 Å². The van der Waals surface area contributed by atoms with E-state index in [-0.39, 0.29) is 17.4 Å². The molecule has 0 radical (unpaired) electrons. The second-order valence-corrected chi connectivity index (χ2v) is 9.57. The number of nitriles is 1. The van der Waals surface area contributed by atoms with Crippen molar-refractivity contribution >= 4 is 45.0 Å². The van der Waals surface area contributed by atoms with E-state index in [0.717, 1.165) is 16.6 Å². The van der Waals surface area contributed by atoms with Crippen molar-refractivity contribution in [3.05, 3.63) is 60.8 Å². The van der Waals surface area contributed by atoms with E-state index in [1.165, 1.54) is 6.20 Å². The Balaban J connectivity index is 0.000000283. The maximum Gasteiger partial charge on any atom is 0.255 e. The number of likely N-dealkylation sites (tertiary alicyclic amines) is 1. The summed E-state index contributed by atoms with van der Waals surface area (Å²) in [5.74, 6) is -0.797. The van der Waals surface area contributed by atoms with E-state index in [1.807, 2.05) is 31.3 Å². The molecule has 14 nitrogen and oxygen atoms in total. The van der Waals surface area contributed by atoms with E-state index in [2.05, 4.69) is 51.6 Å². The van der Waals surface area contributed by atoms with Gasteiger partial charge in [0.25, 0.3) is 5.91 Å². The maximum absolute atomic E-state index is 12.9. The van der Waals surface area contributed by atoms with Crippen LogP contribution in [0, 0.1) is 17.2 Å². The lowest BCUT2D eigenvalue weighted by molar-refractivity contribution is -0.137. The fourth-order valence-electron chi connectivity index (χ4n) is 4.57. The lowest BCUT2D eigenvalue weighted by Gasteiger charge is -2.37. The first-order chi connectivity index (χ1) is 19.9. The van der Waals surface area contributed by atoms with Crippen LogP contribution in [0.15, 0.2) is 55.2 Å². The largest absolute Gasteiger partial charge is 0.344 e. The van der Waals surface area contributed by atoms with Crippen LogP contribution in [0.4, 0.5) is 0 Å². The van der Waals surface area contributed by atoms with Gasteiger partial charge < -0.3 is 15.2 Å². The van der Waals surface area contributed by atoms with Crippen LogP contribution in [-0.2, 0) is 11.8 Å². The molecule has 0 bridgehead atoms. The molecule has 0 aromatic carbocycles. The molecular weight excluding hydrogens is 524 g/mol. The summed E-state index contributed by atoms with van der Waals surface area (Å²) in [5, 5.41) is 22.7. The van der Waals surface area contributed by atoms with Gasteiger partial charge in [-0.2, -0.15) is 15.5 Å². The van der Waals surface area contributed by atoms with Gasteiger partial charge in [-0.3, -0.25) is 29.3 Å². The van der Waals surface area contributed by atoms with Crippen LogP contribution >= 0.6 is 0 Å². The summed E-state index contributed by atoms with van der Waals surface area (Å²) in [6.07, 6.45) is 8.24. The third kappa shape index (κ3) is 4.80. The highest BCUT2D eigenvalue weighted by Gasteiger charge is 2.33. The van der Waals surface area contributed by atoms with Crippen LogP contribution in [0.5, 0.6) is 0 Å². The molecule has 2 amide bonds. The van der Waals surface area contributed by atoms with Crippen molar-refractivity contribution in [2.75, 3.05) is 13.1 Å². The molecule has 1 aliphatic rings. The van der Waals surface area contributed by atoms with Crippen molar-refractivity contribution in [3.63, 3.8) is 0 Å². The Labute approximate surface area is 232 Å². The van der Waals surface area contributed by atoms with E-state index >= 15 is 0 Å². The number of aryl methyl sites for hydroxylation is 1. The van der Waals surface area contributed by atoms with Crippen molar-refractivity contribution in [3.8, 4) is 17.5 Å². The van der Waals surface area contributed by atoms with Crippen molar-refractivity contribution in [2.45, 2.75) is 13.0 Å². The zero-order valence-corrected chi connectivity index (χ0v) is 22.1. The van der Waals surface area contributed by atoms with Gasteiger partial charge >= 0.3 is 0 Å². The predicted octanol–water partition coefficient (Wildman–Crippen LogP) is 1.96. The highest BCUT2D eigenvalue weighted by molar-refractivity contribution is 6.06. The van der Waals surface area contributed by atoms with Crippen molar-refractivity contribution < 1.29 is 9.59 Å². The number of pyridine rings is 2. The lowest BCUT2D eigenvalue weighted by Crippen LogP contribution is -2.55. The number of amides is 2. The number of nitrogens with one attached hydrogen (secondary N) is 3. The second-order valence-electron chi connectivity index (χ2n) is 9.57. The smallest absolute Gasteiger partial charge is 0.255 e. The summed E-state index contributed by atoms with van der Waals surface area (Å²) in [6, 6.07) is 8.96. The molecule has 3 N–H and O–H groups in total. The summed E-state index contributed by atoms with van der Waals surface area (Å²) in [5.41, 5.74) is 5.61. The van der Waals surface area contributed by atoms with Crippen LogP contribution in [0.25, 0.3) is 44.6 Å². The number of carbonyl (C=O) groups is 2. The number of aromatic nitrogens is 9. The van der Waals surface area contributed by atoms with Crippen LogP contribution in [-0.4, -0.2) is 80.7 Å². The molecule has 0 spiro atoms. The zero-order chi connectivity index (χ0) is 28.5. The van der Waals surface area contributed by atoms with Gasteiger partial charge in [-0.1, -0.05) is 0 Å². The van der Waals surface area contributed by atoms with Gasteiger partial charge in [0, 0.05) is 38.7 Å². The zero-order valence-electron chi connectivity index (χ0n) is 22.1. The van der Waals surface area contributed by atoms with Gasteiger partial charge in [0.15, 0.2) is 5.65 Å². The molecule has 0 saturated carbocycles. The first-order valence-corrected chi connectivity index (χ1v) is 12.8. The minimum absolute atomic E-state index is 0.138. The number of H-pyrrole nitrogens is 2. The Bertz CT molecular complexity index is 1910. The summed E-state index contributed by atoms with van der Waals surface area (Å²) >= 11 is 0. The summed E-state index contributed by atoms with van der Waals surface area (Å²) in [6.45, 7) is 2.41. The molecule has 204 valence electrons. The van der Waals surface area contributed by atoms with E-state index < -0.39 is 11.9 Å². The number of rotatable bonds is 4. The van der Waals surface area contributed by atoms with Crippen molar-refractivity contribution in [2.24, 2.45) is 13.0 Å². The summed E-state index contributed by atoms with van der Waals surface area (Å²) in [7, 11) is 1.82. The minimum Gasteiger partial charge on any atom is -0.344 e. The third-order valence-electron chi connectivity index (χ3n) is 6.78. The van der Waals surface area contributed by atoms with Gasteiger partial charge in [-0.15, -0.1) is 0 Å². The number of hydrogen-bond donors (Lipinski definition) is 3. The standard InChI is InChI=1S/C21H19N9O2.C6H5N3/c1-11(21(32)30-9-12(6-22)10-30)26-20(31)13-7-24-19-16(13)27-14(8-25-19)17-18-15(29(2)28-17)4-3-5-23-18;1-2-5-6(7-3-1)4-8-9-5/h3-5,7-8,11-12H,9-10H2,1-2H3,(H,24,25)(H,26,31);1-4H,(H,8,9)/t11-;/m1./s1. The Morgan fingerprint density at radius 2 is 1.93 bits per heavy atom. The Kier molecular flexibility index (Phi) is 6.52. The van der Waals surface area contributed by atoms with E-state index in [0.29, 0.717) is 41.2 Å². The number of fused-ring (bicyclic) bond motifs is 3. The highest BCUT2D eigenvalue weighted by atomic mass is 16.2. The molecular formula is C27H24N12O2. The van der Waals surface area contributed by atoms with Crippen LogP contribution in [0.3, 0.4) is 0 Å². The molecule has 1 fully saturated rings. The highest BCUT2D eigenvalue weighted by Crippen LogP contribution is 2.26. The Morgan fingerprint density at radius 1 is 1.12 bits per heavy atom. The number of aromatic amines is 2. The quantitative estimate of drug-likeness (QED) is 0.296. The molecule has 1 atom stereocenters. The fourth-order valence-corrected chi connectivity index (χ4v) is 4.57. The Morgan fingerprint density at radius 3 is 2.73 bits per heavy atom. The summed E-state index contributed by atoms with van der Waals surface area (Å²) < 4.78 is 1.72. The predicted molar refractivity (Wildman–Crippen MR) is 148 cm³/mol. The molecule has 14 heteroatoms. The normalized spacial score (nSPS) is 13.8. The third-order valence-corrected chi connectivity index (χ3v) is 6.78. The second kappa shape index (κ2) is 10.5. The topological polar surface area (TPSA) is 187 Å². The fraction of sp³-hybridized carbons (Fsp3) is 0.222. The minimum atomic E-state index is -0.729. The Hall–Kier alpha value is -5.71. The van der Waals surface area contributed by atoms with E-state index in [1.54, 1.807) is 41.3 Å². The molecule has 7 heterocycles. The van der Waals surface area contributed by atoms with Gasteiger partial charge in [-0.25, -0.2) is 9.97 Å².